The highest BCUT2D eigenvalue weighted by Crippen LogP contribution is 2.34. The molecule has 146 valence electrons. The van der Waals surface area contributed by atoms with Gasteiger partial charge in [0.05, 0.1) is 4.90 Å². The molecule has 4 aromatic rings. The Bertz CT molecular complexity index is 1240. The van der Waals surface area contributed by atoms with Crippen LogP contribution in [0.5, 0.6) is 0 Å². The molecule has 0 saturated carbocycles. The minimum Gasteiger partial charge on any atom is -0.440 e. The molecule has 0 bridgehead atoms. The molecule has 5 heteroatoms. The highest BCUT2D eigenvalue weighted by molar-refractivity contribution is 7.90. The largest absolute Gasteiger partial charge is 0.440 e. The van der Waals surface area contributed by atoms with Crippen LogP contribution in [0.3, 0.4) is 0 Å². The van der Waals surface area contributed by atoms with Crippen LogP contribution >= 0.6 is 0 Å². The molecular formula is C24H21NO3S. The molecule has 0 aliphatic rings. The van der Waals surface area contributed by atoms with Gasteiger partial charge >= 0.3 is 0 Å². The second-order valence-electron chi connectivity index (χ2n) is 7.11. The van der Waals surface area contributed by atoms with Crippen LogP contribution in [0, 0.1) is 6.92 Å². The number of hydrogen-bond acceptors (Lipinski definition) is 4. The van der Waals surface area contributed by atoms with Gasteiger partial charge in [0.1, 0.15) is 5.69 Å². The van der Waals surface area contributed by atoms with Crippen molar-refractivity contribution in [3.63, 3.8) is 0 Å². The fraction of sp³-hybridized carbons (Fsp3) is 0.125. The fourth-order valence-electron chi connectivity index (χ4n) is 3.25. The van der Waals surface area contributed by atoms with Gasteiger partial charge in [-0.25, -0.2) is 13.4 Å². The van der Waals surface area contributed by atoms with Crippen LogP contribution in [0.15, 0.2) is 88.2 Å². The van der Waals surface area contributed by atoms with Crippen molar-refractivity contribution in [2.45, 2.75) is 18.2 Å². The van der Waals surface area contributed by atoms with Crippen LogP contribution in [-0.2, 0) is 16.3 Å². The van der Waals surface area contributed by atoms with Crippen molar-refractivity contribution in [1.29, 1.82) is 0 Å². The predicted octanol–water partition coefficient (Wildman–Crippen LogP) is 5.31. The van der Waals surface area contributed by atoms with Crippen LogP contribution in [-0.4, -0.2) is 19.7 Å². The van der Waals surface area contributed by atoms with E-state index in [4.69, 9.17) is 9.40 Å². The van der Waals surface area contributed by atoms with Crippen molar-refractivity contribution in [2.75, 3.05) is 6.26 Å². The second-order valence-corrected chi connectivity index (χ2v) is 9.13. The van der Waals surface area contributed by atoms with Crippen LogP contribution < -0.4 is 0 Å². The summed E-state index contributed by atoms with van der Waals surface area (Å²) in [5.41, 5.74) is 4.76. The summed E-state index contributed by atoms with van der Waals surface area (Å²) in [5, 5.41) is 0. The van der Waals surface area contributed by atoms with Crippen molar-refractivity contribution in [2.24, 2.45) is 0 Å². The fourth-order valence-corrected chi connectivity index (χ4v) is 3.88. The number of aryl methyl sites for hydroxylation is 1. The molecule has 0 N–H and O–H groups in total. The summed E-state index contributed by atoms with van der Waals surface area (Å²) in [4.78, 5) is 5.06. The lowest BCUT2D eigenvalue weighted by Crippen LogP contribution is -1.96. The van der Waals surface area contributed by atoms with E-state index in [9.17, 15) is 8.42 Å². The van der Waals surface area contributed by atoms with Gasteiger partial charge in [0, 0.05) is 23.8 Å². The monoisotopic (exact) mass is 403 g/mol. The van der Waals surface area contributed by atoms with Crippen LogP contribution in [0.25, 0.3) is 22.6 Å². The number of aromatic nitrogens is 1. The van der Waals surface area contributed by atoms with Gasteiger partial charge in [-0.3, -0.25) is 0 Å². The van der Waals surface area contributed by atoms with Gasteiger partial charge in [-0.05, 0) is 42.8 Å². The molecule has 4 nitrogen and oxygen atoms in total. The Morgan fingerprint density at radius 3 is 2.24 bits per heavy atom. The lowest BCUT2D eigenvalue weighted by Gasteiger charge is -2.04. The van der Waals surface area contributed by atoms with Crippen molar-refractivity contribution in [3.8, 4) is 22.6 Å². The standard InChI is InChI=1S/C24H21NO3S/c1-17-7-6-10-20(15-17)23-24(19-11-13-21(14-12-19)29(2,26)27)28-22(25-23)16-18-8-4-3-5-9-18/h3-15H,16H2,1-2H3. The summed E-state index contributed by atoms with van der Waals surface area (Å²) in [7, 11) is -3.25. The van der Waals surface area contributed by atoms with Crippen LogP contribution in [0.2, 0.25) is 0 Å². The molecule has 0 aliphatic heterocycles. The van der Waals surface area contributed by atoms with Crippen LogP contribution in [0.4, 0.5) is 0 Å². The summed E-state index contributed by atoms with van der Waals surface area (Å²) >= 11 is 0. The molecule has 0 amide bonds. The van der Waals surface area contributed by atoms with Gasteiger partial charge < -0.3 is 4.42 Å². The third kappa shape index (κ3) is 4.30. The predicted molar refractivity (Wildman–Crippen MR) is 114 cm³/mol. The maximum absolute atomic E-state index is 11.8. The van der Waals surface area contributed by atoms with Crippen molar-refractivity contribution in [1.82, 2.24) is 4.98 Å². The van der Waals surface area contributed by atoms with Crippen molar-refractivity contribution < 1.29 is 12.8 Å². The zero-order chi connectivity index (χ0) is 20.4. The molecule has 0 fully saturated rings. The third-order valence-electron chi connectivity index (χ3n) is 4.71. The normalized spacial score (nSPS) is 11.5. The molecule has 1 aromatic heterocycles. The Morgan fingerprint density at radius 2 is 1.59 bits per heavy atom. The van der Waals surface area contributed by atoms with E-state index in [1.54, 1.807) is 24.3 Å². The molecule has 0 aliphatic carbocycles. The molecule has 29 heavy (non-hydrogen) atoms. The maximum atomic E-state index is 11.8. The Labute approximate surface area is 170 Å². The number of nitrogens with zero attached hydrogens (tertiary/aromatic N) is 1. The van der Waals surface area contributed by atoms with E-state index in [1.165, 1.54) is 6.26 Å². The van der Waals surface area contributed by atoms with Crippen molar-refractivity contribution >= 4 is 9.84 Å². The Kier molecular flexibility index (Phi) is 5.07. The minimum atomic E-state index is -3.25. The smallest absolute Gasteiger partial charge is 0.199 e. The van der Waals surface area contributed by atoms with Gasteiger partial charge in [-0.1, -0.05) is 54.1 Å². The summed E-state index contributed by atoms with van der Waals surface area (Å²) in [5.74, 6) is 1.26. The first-order chi connectivity index (χ1) is 13.9. The zero-order valence-corrected chi connectivity index (χ0v) is 17.1. The van der Waals surface area contributed by atoms with E-state index >= 15 is 0 Å². The van der Waals surface area contributed by atoms with E-state index in [1.807, 2.05) is 55.5 Å². The Balaban J connectivity index is 1.80. The SMILES string of the molecule is Cc1cccc(-c2nc(Cc3ccccc3)oc2-c2ccc(S(C)(=O)=O)cc2)c1. The van der Waals surface area contributed by atoms with Gasteiger partial charge in [0.15, 0.2) is 21.5 Å². The number of rotatable bonds is 5. The molecule has 0 saturated heterocycles. The second kappa shape index (κ2) is 7.68. The summed E-state index contributed by atoms with van der Waals surface area (Å²) in [6.45, 7) is 2.04. The maximum Gasteiger partial charge on any atom is 0.199 e. The minimum absolute atomic E-state index is 0.280. The van der Waals surface area contributed by atoms with Gasteiger partial charge in [-0.15, -0.1) is 0 Å². The van der Waals surface area contributed by atoms with Crippen molar-refractivity contribution in [3.05, 3.63) is 95.9 Å². The number of sulfone groups is 1. The quantitative estimate of drug-likeness (QED) is 0.453. The third-order valence-corrected chi connectivity index (χ3v) is 5.83. The summed E-state index contributed by atoms with van der Waals surface area (Å²) in [6.07, 6.45) is 1.79. The molecular weight excluding hydrogens is 382 g/mol. The first-order valence-corrected chi connectivity index (χ1v) is 11.2. The molecule has 0 radical (unpaired) electrons. The van der Waals surface area contributed by atoms with E-state index in [-0.39, 0.29) is 4.90 Å². The summed E-state index contributed by atoms with van der Waals surface area (Å²) < 4.78 is 29.7. The Morgan fingerprint density at radius 1 is 0.862 bits per heavy atom. The lowest BCUT2D eigenvalue weighted by molar-refractivity contribution is 0.519. The number of oxazole rings is 1. The topological polar surface area (TPSA) is 60.2 Å². The molecule has 0 atom stereocenters. The molecule has 0 unspecified atom stereocenters. The van der Waals surface area contributed by atoms with Gasteiger partial charge in [-0.2, -0.15) is 0 Å². The Hall–Kier alpha value is -3.18. The van der Waals surface area contributed by atoms with E-state index in [0.717, 1.165) is 27.9 Å². The first-order valence-electron chi connectivity index (χ1n) is 9.31. The molecule has 0 spiro atoms. The zero-order valence-electron chi connectivity index (χ0n) is 16.3. The average molecular weight is 404 g/mol. The highest BCUT2D eigenvalue weighted by atomic mass is 32.2. The highest BCUT2D eigenvalue weighted by Gasteiger charge is 2.18. The van der Waals surface area contributed by atoms with Crippen LogP contribution in [0.1, 0.15) is 17.0 Å². The van der Waals surface area contributed by atoms with E-state index < -0.39 is 9.84 Å². The molecule has 4 rings (SSSR count). The lowest BCUT2D eigenvalue weighted by atomic mass is 10.0. The van der Waals surface area contributed by atoms with Gasteiger partial charge in [0.25, 0.3) is 0 Å². The molecule has 3 aromatic carbocycles. The summed E-state index contributed by atoms with van der Waals surface area (Å²) in [6, 6.07) is 24.9. The van der Waals surface area contributed by atoms with E-state index in [2.05, 4.69) is 6.07 Å². The number of benzene rings is 3. The first kappa shape index (κ1) is 19.2. The average Bonchev–Trinajstić information content (AvgIpc) is 3.12. The number of hydrogen-bond donors (Lipinski definition) is 0. The van der Waals surface area contributed by atoms with E-state index in [0.29, 0.717) is 18.1 Å². The molecule has 1 heterocycles. The van der Waals surface area contributed by atoms with Gasteiger partial charge in [0.2, 0.25) is 0 Å².